The van der Waals surface area contributed by atoms with Gasteiger partial charge in [0, 0.05) is 39.3 Å². The molecule has 2 rings (SSSR count). The summed E-state index contributed by atoms with van der Waals surface area (Å²) in [7, 11) is 2.17. The first-order valence-corrected chi connectivity index (χ1v) is 7.52. The molecule has 1 heterocycles. The van der Waals surface area contributed by atoms with Crippen molar-refractivity contribution in [2.24, 2.45) is 0 Å². The maximum Gasteiger partial charge on any atom is 0.235 e. The summed E-state index contributed by atoms with van der Waals surface area (Å²) in [4.78, 5) is 15.9. The number of benzene rings is 1. The monoisotopic (exact) mass is 295 g/mol. The lowest BCUT2D eigenvalue weighted by Crippen LogP contribution is -2.43. The van der Waals surface area contributed by atoms with Crippen molar-refractivity contribution in [2.75, 3.05) is 39.1 Å². The molecule has 1 saturated heterocycles. The van der Waals surface area contributed by atoms with Gasteiger partial charge in [-0.05, 0) is 18.2 Å². The van der Waals surface area contributed by atoms with Crippen molar-refractivity contribution in [3.05, 3.63) is 35.4 Å². The number of hydrogen-bond acceptors (Lipinski definition) is 3. The molecule has 110 valence electrons. The van der Waals surface area contributed by atoms with E-state index in [2.05, 4.69) is 46.4 Å². The van der Waals surface area contributed by atoms with Gasteiger partial charge in [0.2, 0.25) is 5.91 Å². The molecule has 5 heteroatoms. The Morgan fingerprint density at radius 1 is 1.15 bits per heavy atom. The summed E-state index contributed by atoms with van der Waals surface area (Å²) in [6.07, 6.45) is 0. The second-order valence-electron chi connectivity index (χ2n) is 5.31. The number of carbonyl (C=O) groups excluding carboxylic acids is 1. The molecule has 0 aliphatic carbocycles. The third-order valence-corrected chi connectivity index (χ3v) is 3.88. The van der Waals surface area contributed by atoms with E-state index in [1.54, 1.807) is 0 Å². The summed E-state index contributed by atoms with van der Waals surface area (Å²) < 4.78 is 0. The minimum atomic E-state index is -0.131. The lowest BCUT2D eigenvalue weighted by Gasteiger charge is -2.32. The van der Waals surface area contributed by atoms with Crippen molar-refractivity contribution in [2.45, 2.75) is 13.1 Å². The summed E-state index contributed by atoms with van der Waals surface area (Å²) in [5, 5.41) is 2.77. The number of nitrogens with one attached hydrogen (secondary N) is 1. The second-order valence-corrected chi connectivity index (χ2v) is 5.57. The predicted molar refractivity (Wildman–Crippen MR) is 81.8 cm³/mol. The first kappa shape index (κ1) is 15.3. The Labute approximate surface area is 125 Å². The molecule has 0 saturated carbocycles. The van der Waals surface area contributed by atoms with Crippen LogP contribution in [0.15, 0.2) is 24.3 Å². The van der Waals surface area contributed by atoms with Crippen molar-refractivity contribution in [3.63, 3.8) is 0 Å². The fourth-order valence-corrected chi connectivity index (χ4v) is 2.37. The standard InChI is InChI=1S/C15H22ClN3O/c1-18-6-8-19(9-7-18)12-14-4-2-13(3-5-14)11-17-15(20)10-16/h2-5H,6-12H2,1H3,(H,17,20). The molecular formula is C15H22ClN3O. The van der Waals surface area contributed by atoms with Crippen LogP contribution >= 0.6 is 11.6 Å². The molecule has 0 radical (unpaired) electrons. The van der Waals surface area contributed by atoms with E-state index in [1.165, 1.54) is 5.56 Å². The van der Waals surface area contributed by atoms with E-state index >= 15 is 0 Å². The third kappa shape index (κ3) is 4.78. The number of halogens is 1. The van der Waals surface area contributed by atoms with Gasteiger partial charge in [0.1, 0.15) is 5.88 Å². The Morgan fingerprint density at radius 2 is 1.75 bits per heavy atom. The molecule has 1 aliphatic heterocycles. The van der Waals surface area contributed by atoms with Crippen LogP contribution in [0.3, 0.4) is 0 Å². The van der Waals surface area contributed by atoms with Crippen molar-refractivity contribution in [1.82, 2.24) is 15.1 Å². The molecule has 0 aromatic heterocycles. The Kier molecular flexibility index (Phi) is 5.83. The van der Waals surface area contributed by atoms with Gasteiger partial charge in [-0.1, -0.05) is 24.3 Å². The third-order valence-electron chi connectivity index (χ3n) is 3.64. The molecule has 1 fully saturated rings. The topological polar surface area (TPSA) is 35.6 Å². The smallest absolute Gasteiger partial charge is 0.235 e. The molecule has 1 aromatic rings. The molecule has 0 unspecified atom stereocenters. The van der Waals surface area contributed by atoms with Gasteiger partial charge >= 0.3 is 0 Å². The molecule has 0 spiro atoms. The zero-order chi connectivity index (χ0) is 14.4. The van der Waals surface area contributed by atoms with Gasteiger partial charge in [-0.25, -0.2) is 0 Å². The summed E-state index contributed by atoms with van der Waals surface area (Å²) in [5.74, 6) is -0.116. The summed E-state index contributed by atoms with van der Waals surface area (Å²) >= 11 is 5.44. The van der Waals surface area contributed by atoms with Gasteiger partial charge < -0.3 is 10.2 Å². The van der Waals surface area contributed by atoms with Gasteiger partial charge in [0.25, 0.3) is 0 Å². The van der Waals surface area contributed by atoms with Crippen molar-refractivity contribution < 1.29 is 4.79 Å². The highest BCUT2D eigenvalue weighted by Gasteiger charge is 2.13. The SMILES string of the molecule is CN1CCN(Cc2ccc(CNC(=O)CCl)cc2)CC1. The highest BCUT2D eigenvalue weighted by atomic mass is 35.5. The van der Waals surface area contributed by atoms with Crippen LogP contribution in [0.25, 0.3) is 0 Å². The number of hydrogen-bond donors (Lipinski definition) is 1. The number of piperazine rings is 1. The van der Waals surface area contributed by atoms with Crippen LogP contribution in [0.5, 0.6) is 0 Å². The van der Waals surface area contributed by atoms with Gasteiger partial charge in [0.05, 0.1) is 0 Å². The van der Waals surface area contributed by atoms with Crippen molar-refractivity contribution in [1.29, 1.82) is 0 Å². The van der Waals surface area contributed by atoms with Crippen LogP contribution in [0.2, 0.25) is 0 Å². The average molecular weight is 296 g/mol. The second kappa shape index (κ2) is 7.62. The summed E-state index contributed by atoms with van der Waals surface area (Å²) in [6.45, 7) is 6.08. The van der Waals surface area contributed by atoms with Crippen LogP contribution in [-0.4, -0.2) is 54.8 Å². The van der Waals surface area contributed by atoms with Crippen LogP contribution < -0.4 is 5.32 Å². The molecule has 1 amide bonds. The number of carbonyl (C=O) groups is 1. The van der Waals surface area contributed by atoms with E-state index in [0.717, 1.165) is 38.3 Å². The molecule has 0 bridgehead atoms. The number of alkyl halides is 1. The molecule has 1 aliphatic rings. The van der Waals surface area contributed by atoms with Gasteiger partial charge in [-0.3, -0.25) is 9.69 Å². The van der Waals surface area contributed by atoms with E-state index in [-0.39, 0.29) is 11.8 Å². The number of likely N-dealkylation sites (N-methyl/N-ethyl adjacent to an activating group) is 1. The predicted octanol–water partition coefficient (Wildman–Crippen LogP) is 1.29. The molecule has 1 aromatic carbocycles. The highest BCUT2D eigenvalue weighted by Crippen LogP contribution is 2.09. The first-order valence-electron chi connectivity index (χ1n) is 6.99. The van der Waals surface area contributed by atoms with Gasteiger partial charge in [-0.15, -0.1) is 11.6 Å². The molecule has 4 nitrogen and oxygen atoms in total. The van der Waals surface area contributed by atoms with Gasteiger partial charge in [-0.2, -0.15) is 0 Å². The van der Waals surface area contributed by atoms with Crippen molar-refractivity contribution in [3.8, 4) is 0 Å². The average Bonchev–Trinajstić information content (AvgIpc) is 2.48. The van der Waals surface area contributed by atoms with E-state index in [4.69, 9.17) is 11.6 Å². The quantitative estimate of drug-likeness (QED) is 0.832. The fraction of sp³-hybridized carbons (Fsp3) is 0.533. The van der Waals surface area contributed by atoms with E-state index in [0.29, 0.717) is 6.54 Å². The molecule has 0 atom stereocenters. The zero-order valence-corrected chi connectivity index (χ0v) is 12.7. The van der Waals surface area contributed by atoms with E-state index < -0.39 is 0 Å². The Balaban J connectivity index is 1.80. The van der Waals surface area contributed by atoms with Crippen molar-refractivity contribution >= 4 is 17.5 Å². The minimum absolute atomic E-state index is 0.0154. The van der Waals surface area contributed by atoms with Crippen LogP contribution in [0, 0.1) is 0 Å². The van der Waals surface area contributed by atoms with E-state index in [1.807, 2.05) is 0 Å². The Hall–Kier alpha value is -1.10. The fourth-order valence-electron chi connectivity index (χ4n) is 2.27. The number of nitrogens with zero attached hydrogens (tertiary/aromatic N) is 2. The Bertz CT molecular complexity index is 427. The molecule has 20 heavy (non-hydrogen) atoms. The van der Waals surface area contributed by atoms with Crippen LogP contribution in [-0.2, 0) is 17.9 Å². The highest BCUT2D eigenvalue weighted by molar-refractivity contribution is 6.27. The zero-order valence-electron chi connectivity index (χ0n) is 11.9. The summed E-state index contributed by atoms with van der Waals surface area (Å²) in [6, 6.07) is 8.42. The summed E-state index contributed by atoms with van der Waals surface area (Å²) in [5.41, 5.74) is 2.42. The lowest BCUT2D eigenvalue weighted by molar-refractivity contribution is -0.118. The maximum absolute atomic E-state index is 11.1. The normalized spacial score (nSPS) is 17.1. The maximum atomic E-state index is 11.1. The number of amides is 1. The molecular weight excluding hydrogens is 274 g/mol. The van der Waals surface area contributed by atoms with Gasteiger partial charge in [0.15, 0.2) is 0 Å². The van der Waals surface area contributed by atoms with E-state index in [9.17, 15) is 4.79 Å². The first-order chi connectivity index (χ1) is 9.67. The van der Waals surface area contributed by atoms with Crippen LogP contribution in [0.4, 0.5) is 0 Å². The minimum Gasteiger partial charge on any atom is -0.351 e. The lowest BCUT2D eigenvalue weighted by atomic mass is 10.1. The number of rotatable bonds is 5. The Morgan fingerprint density at radius 3 is 2.35 bits per heavy atom. The van der Waals surface area contributed by atoms with Crippen LogP contribution in [0.1, 0.15) is 11.1 Å². The molecule has 1 N–H and O–H groups in total. The largest absolute Gasteiger partial charge is 0.351 e.